The van der Waals surface area contributed by atoms with Gasteiger partial charge in [-0.05, 0) is 93.2 Å². The van der Waals surface area contributed by atoms with E-state index >= 15 is 0 Å². The molecule has 4 aliphatic carbocycles. The molecule has 2 aliphatic heterocycles. The van der Waals surface area contributed by atoms with Crippen LogP contribution in [0.1, 0.15) is 93.4 Å². The number of hydrogen-bond donors (Lipinski definition) is 0. The van der Waals surface area contributed by atoms with Crippen LogP contribution >= 0.6 is 0 Å². The van der Waals surface area contributed by atoms with Crippen molar-refractivity contribution in [1.29, 1.82) is 0 Å². The fourth-order valence-corrected chi connectivity index (χ4v) is 11.2. The minimum atomic E-state index is -2.05. The molecule has 6 rings (SSSR count). The normalized spacial score (nSPS) is 50.1. The highest BCUT2D eigenvalue weighted by Crippen LogP contribution is 2.73. The summed E-state index contributed by atoms with van der Waals surface area (Å²) in [6, 6.07) is 0. The molecule has 6 aliphatic rings. The minimum Gasteiger partial charge on any atom is -0.435 e. The fraction of sp³-hybridized carbons (Fsp3) is 0.967. The SMILES string of the molecule is CC(=O)OC1OC2C[C@]13C(CC[C@@H]3O[Si](C)(C)C(C)(C)C)C1C2[C@@]2(C)CCCCC2[C@H]2OC(C)(C)O[C@H]12. The van der Waals surface area contributed by atoms with Crippen molar-refractivity contribution in [3.8, 4) is 0 Å². The van der Waals surface area contributed by atoms with E-state index < -0.39 is 20.4 Å². The Balaban J connectivity index is 1.45. The standard InChI is InChI=1S/C30H50O6Si/c1-17(31)32-26-30-16-20(33-26)23-22(18(30)13-14-21(30)36-37(8,9)27(2,3)4)25-24(34-28(5,6)35-25)19-12-10-11-15-29(19,23)7/h18-26H,10-16H2,1-9H3/t18?,19?,20?,21-,22?,23?,24+,25+,26?,29-,30+/m0/s1. The predicted molar refractivity (Wildman–Crippen MR) is 143 cm³/mol. The molecule has 210 valence electrons. The first-order valence-electron chi connectivity index (χ1n) is 15.0. The van der Waals surface area contributed by atoms with Gasteiger partial charge in [0.2, 0.25) is 6.29 Å². The third-order valence-electron chi connectivity index (χ3n) is 12.1. The van der Waals surface area contributed by atoms with Gasteiger partial charge in [-0.2, -0.15) is 0 Å². The summed E-state index contributed by atoms with van der Waals surface area (Å²) < 4.78 is 33.8. The summed E-state index contributed by atoms with van der Waals surface area (Å²) in [6.45, 7) is 19.8. The number of carbonyl (C=O) groups is 1. The Hall–Kier alpha value is -0.473. The fourth-order valence-electron chi connectivity index (χ4n) is 9.81. The van der Waals surface area contributed by atoms with Crippen molar-refractivity contribution in [2.75, 3.05) is 0 Å². The quantitative estimate of drug-likeness (QED) is 0.307. The number of carbonyl (C=O) groups excluding carboxylic acids is 1. The molecule has 6 fully saturated rings. The number of rotatable bonds is 3. The van der Waals surface area contributed by atoms with Gasteiger partial charge in [0, 0.05) is 6.92 Å². The molecule has 2 saturated heterocycles. The highest BCUT2D eigenvalue weighted by Gasteiger charge is 2.76. The Bertz CT molecular complexity index is 943. The average Bonchev–Trinajstić information content (AvgIpc) is 3.38. The summed E-state index contributed by atoms with van der Waals surface area (Å²) in [5.41, 5.74) is -0.167. The molecule has 2 bridgehead atoms. The van der Waals surface area contributed by atoms with Gasteiger partial charge in [0.1, 0.15) is 0 Å². The number of ether oxygens (including phenoxy) is 4. The number of esters is 1. The maximum atomic E-state index is 12.4. The van der Waals surface area contributed by atoms with Crippen LogP contribution in [-0.2, 0) is 28.2 Å². The van der Waals surface area contributed by atoms with Crippen molar-refractivity contribution in [1.82, 2.24) is 0 Å². The van der Waals surface area contributed by atoms with Gasteiger partial charge in [-0.1, -0.05) is 40.5 Å². The van der Waals surface area contributed by atoms with E-state index in [1.54, 1.807) is 0 Å². The predicted octanol–water partition coefficient (Wildman–Crippen LogP) is 6.43. The van der Waals surface area contributed by atoms with Crippen LogP contribution in [0.3, 0.4) is 0 Å². The van der Waals surface area contributed by atoms with Crippen LogP contribution in [0.15, 0.2) is 0 Å². The van der Waals surface area contributed by atoms with Gasteiger partial charge >= 0.3 is 5.97 Å². The first kappa shape index (κ1) is 26.7. The van der Waals surface area contributed by atoms with Crippen molar-refractivity contribution < 1.29 is 28.2 Å². The molecular formula is C30H50O6Si. The molecule has 0 aromatic heterocycles. The summed E-state index contributed by atoms with van der Waals surface area (Å²) in [6.07, 6.45) is 7.71. The molecule has 0 aromatic carbocycles. The summed E-state index contributed by atoms with van der Waals surface area (Å²) in [5, 5.41) is 0.111. The molecule has 2 heterocycles. The highest BCUT2D eigenvalue weighted by atomic mass is 28.4. The maximum Gasteiger partial charge on any atom is 0.304 e. The summed E-state index contributed by atoms with van der Waals surface area (Å²) in [7, 11) is -2.05. The topological polar surface area (TPSA) is 63.2 Å². The highest BCUT2D eigenvalue weighted by molar-refractivity contribution is 6.74. The van der Waals surface area contributed by atoms with Crippen molar-refractivity contribution in [3.63, 3.8) is 0 Å². The summed E-state index contributed by atoms with van der Waals surface area (Å²) in [5.74, 6) is 0.713. The number of hydrogen-bond acceptors (Lipinski definition) is 6. The minimum absolute atomic E-state index is 0.0411. The largest absolute Gasteiger partial charge is 0.435 e. The third kappa shape index (κ3) is 3.73. The Morgan fingerprint density at radius 2 is 1.68 bits per heavy atom. The second-order valence-electron chi connectivity index (χ2n) is 15.5. The van der Waals surface area contributed by atoms with Crippen LogP contribution in [0.4, 0.5) is 0 Å². The molecule has 7 heteroatoms. The summed E-state index contributed by atoms with van der Waals surface area (Å²) in [4.78, 5) is 12.4. The molecular weight excluding hydrogens is 484 g/mol. The Morgan fingerprint density at radius 3 is 2.35 bits per heavy atom. The number of fused-ring (bicyclic) bond motifs is 9. The lowest BCUT2D eigenvalue weighted by Crippen LogP contribution is -2.65. The summed E-state index contributed by atoms with van der Waals surface area (Å²) >= 11 is 0. The van der Waals surface area contributed by atoms with Crippen LogP contribution in [-0.4, -0.2) is 50.8 Å². The average molecular weight is 535 g/mol. The van der Waals surface area contributed by atoms with Gasteiger partial charge < -0.3 is 23.4 Å². The molecule has 0 N–H and O–H groups in total. The molecule has 0 aromatic rings. The van der Waals surface area contributed by atoms with Crippen molar-refractivity contribution in [3.05, 3.63) is 0 Å². The van der Waals surface area contributed by atoms with E-state index in [1.807, 2.05) is 0 Å². The second kappa shape index (κ2) is 8.28. The first-order chi connectivity index (χ1) is 17.1. The van der Waals surface area contributed by atoms with Gasteiger partial charge in [-0.25, -0.2) is 0 Å². The molecule has 6 nitrogen and oxygen atoms in total. The van der Waals surface area contributed by atoms with Crippen LogP contribution in [0.5, 0.6) is 0 Å². The zero-order valence-corrected chi connectivity index (χ0v) is 25.6. The monoisotopic (exact) mass is 534 g/mol. The van der Waals surface area contributed by atoms with Crippen LogP contribution in [0, 0.1) is 34.5 Å². The van der Waals surface area contributed by atoms with E-state index in [0.717, 1.165) is 19.3 Å². The Labute approximate surface area is 225 Å². The molecule has 4 saturated carbocycles. The second-order valence-corrected chi connectivity index (χ2v) is 20.3. The van der Waals surface area contributed by atoms with Crippen molar-refractivity contribution >= 4 is 14.3 Å². The van der Waals surface area contributed by atoms with Crippen LogP contribution in [0.2, 0.25) is 18.1 Å². The Morgan fingerprint density at radius 1 is 0.973 bits per heavy atom. The molecule has 1 spiro atoms. The van der Waals surface area contributed by atoms with Crippen LogP contribution in [0.25, 0.3) is 0 Å². The van der Waals surface area contributed by atoms with E-state index in [-0.39, 0.29) is 46.3 Å². The zero-order valence-electron chi connectivity index (χ0n) is 24.6. The van der Waals surface area contributed by atoms with Crippen LogP contribution < -0.4 is 0 Å². The van der Waals surface area contributed by atoms with Gasteiger partial charge in [-0.15, -0.1) is 0 Å². The lowest BCUT2D eigenvalue weighted by Gasteiger charge is -2.62. The van der Waals surface area contributed by atoms with Gasteiger partial charge in [0.15, 0.2) is 14.1 Å². The van der Waals surface area contributed by atoms with Gasteiger partial charge in [0.25, 0.3) is 0 Å². The smallest absolute Gasteiger partial charge is 0.304 e. The Kier molecular flexibility index (Phi) is 5.98. The molecule has 0 amide bonds. The lowest BCUT2D eigenvalue weighted by atomic mass is 9.43. The first-order valence-corrected chi connectivity index (χ1v) is 17.9. The van der Waals surface area contributed by atoms with Crippen molar-refractivity contribution in [2.24, 2.45) is 34.5 Å². The maximum absolute atomic E-state index is 12.4. The zero-order chi connectivity index (χ0) is 26.8. The van der Waals surface area contributed by atoms with E-state index in [2.05, 4.69) is 54.6 Å². The van der Waals surface area contributed by atoms with Crippen molar-refractivity contribution in [2.45, 2.75) is 148 Å². The molecule has 11 atom stereocenters. The van der Waals surface area contributed by atoms with Gasteiger partial charge in [0.05, 0.1) is 29.8 Å². The molecule has 6 unspecified atom stereocenters. The van der Waals surface area contributed by atoms with E-state index in [4.69, 9.17) is 23.4 Å². The molecule has 37 heavy (non-hydrogen) atoms. The third-order valence-corrected chi connectivity index (χ3v) is 16.6. The van der Waals surface area contributed by atoms with E-state index in [0.29, 0.717) is 23.7 Å². The molecule has 0 radical (unpaired) electrons. The van der Waals surface area contributed by atoms with E-state index in [9.17, 15) is 4.79 Å². The van der Waals surface area contributed by atoms with E-state index in [1.165, 1.54) is 32.6 Å². The lowest BCUT2D eigenvalue weighted by molar-refractivity contribution is -0.202. The van der Waals surface area contributed by atoms with Gasteiger partial charge in [-0.3, -0.25) is 4.79 Å².